The minimum Gasteiger partial charge on any atom is -0.335 e. The molecule has 0 fully saturated rings. The number of amides is 2. The van der Waals surface area contributed by atoms with E-state index in [1.807, 2.05) is 6.92 Å². The number of carbonyl (C=O) groups excluding carboxylic acids is 1. The van der Waals surface area contributed by atoms with Crippen molar-refractivity contribution >= 4 is 15.9 Å². The van der Waals surface area contributed by atoms with Gasteiger partial charge in [0.2, 0.25) is 0 Å². The van der Waals surface area contributed by atoms with E-state index >= 15 is 0 Å². The number of benzene rings is 1. The maximum Gasteiger partial charge on any atom is 0.315 e. The van der Waals surface area contributed by atoms with Gasteiger partial charge in [-0.15, -0.1) is 6.58 Å². The Hall–Kier alpha value is -1.82. The van der Waals surface area contributed by atoms with Crippen molar-refractivity contribution in [3.05, 3.63) is 42.5 Å². The molecule has 0 saturated carbocycles. The Morgan fingerprint density at radius 2 is 1.95 bits per heavy atom. The van der Waals surface area contributed by atoms with Gasteiger partial charge >= 0.3 is 6.03 Å². The van der Waals surface area contributed by atoms with Crippen molar-refractivity contribution in [1.82, 2.24) is 10.6 Å². The van der Waals surface area contributed by atoms with Crippen molar-refractivity contribution in [1.29, 1.82) is 0 Å². The zero-order chi connectivity index (χ0) is 14.5. The third kappa shape index (κ3) is 4.75. The lowest BCUT2D eigenvalue weighted by Crippen LogP contribution is -2.37. The highest BCUT2D eigenvalue weighted by molar-refractivity contribution is 7.90. The first-order chi connectivity index (χ1) is 8.84. The molecule has 0 heterocycles. The predicted octanol–water partition coefficient (Wildman–Crippen LogP) is 1.64. The molecule has 6 heteroatoms. The summed E-state index contributed by atoms with van der Waals surface area (Å²) < 4.78 is 22.6. The van der Waals surface area contributed by atoms with E-state index in [9.17, 15) is 13.2 Å². The van der Waals surface area contributed by atoms with E-state index in [0.717, 1.165) is 11.8 Å². The molecule has 5 nitrogen and oxygen atoms in total. The van der Waals surface area contributed by atoms with Crippen LogP contribution in [0.1, 0.15) is 18.5 Å². The fourth-order valence-corrected chi connectivity index (χ4v) is 2.13. The molecular formula is C13H18N2O3S. The predicted molar refractivity (Wildman–Crippen MR) is 74.7 cm³/mol. The van der Waals surface area contributed by atoms with E-state index < -0.39 is 9.84 Å². The van der Waals surface area contributed by atoms with Crippen LogP contribution in [0.25, 0.3) is 0 Å². The number of urea groups is 1. The number of rotatable bonds is 5. The number of hydrogen-bond donors (Lipinski definition) is 2. The van der Waals surface area contributed by atoms with Crippen LogP contribution in [0.4, 0.5) is 4.79 Å². The lowest BCUT2D eigenvalue weighted by Gasteiger charge is -2.14. The second kappa shape index (κ2) is 6.38. The Kier molecular flexibility index (Phi) is 5.11. The Morgan fingerprint density at radius 1 is 1.37 bits per heavy atom. The van der Waals surface area contributed by atoms with Gasteiger partial charge in [-0.05, 0) is 24.6 Å². The number of carbonyl (C=O) groups is 1. The fourth-order valence-electron chi connectivity index (χ4n) is 1.50. The van der Waals surface area contributed by atoms with E-state index in [1.54, 1.807) is 18.2 Å². The van der Waals surface area contributed by atoms with Crippen molar-refractivity contribution < 1.29 is 13.2 Å². The van der Waals surface area contributed by atoms with Crippen LogP contribution in [0.2, 0.25) is 0 Å². The SMILES string of the molecule is C=CCNC(=O)N[C@@H](C)c1ccc(S(C)(=O)=O)cc1. The van der Waals surface area contributed by atoms with E-state index in [2.05, 4.69) is 17.2 Å². The summed E-state index contributed by atoms with van der Waals surface area (Å²) in [6.45, 7) is 5.72. The minimum absolute atomic E-state index is 0.210. The van der Waals surface area contributed by atoms with Gasteiger partial charge in [0.1, 0.15) is 0 Å². The molecule has 0 aliphatic carbocycles. The Labute approximate surface area is 113 Å². The monoisotopic (exact) mass is 282 g/mol. The van der Waals surface area contributed by atoms with Crippen LogP contribution < -0.4 is 10.6 Å². The van der Waals surface area contributed by atoms with E-state index in [-0.39, 0.29) is 17.0 Å². The van der Waals surface area contributed by atoms with Gasteiger partial charge in [-0.25, -0.2) is 13.2 Å². The largest absolute Gasteiger partial charge is 0.335 e. The molecule has 2 amide bonds. The van der Waals surface area contributed by atoms with Gasteiger partial charge in [0.15, 0.2) is 9.84 Å². The molecule has 2 N–H and O–H groups in total. The Bertz CT molecular complexity index is 550. The third-order valence-electron chi connectivity index (χ3n) is 2.56. The van der Waals surface area contributed by atoms with Crippen LogP contribution >= 0.6 is 0 Å². The molecule has 1 rings (SSSR count). The van der Waals surface area contributed by atoms with Crippen molar-refractivity contribution in [3.8, 4) is 0 Å². The average Bonchev–Trinajstić information content (AvgIpc) is 2.35. The van der Waals surface area contributed by atoms with Crippen molar-refractivity contribution in [3.63, 3.8) is 0 Å². The summed E-state index contributed by atoms with van der Waals surface area (Å²) in [7, 11) is -3.19. The second-order valence-electron chi connectivity index (χ2n) is 4.21. The molecule has 1 aromatic rings. The highest BCUT2D eigenvalue weighted by atomic mass is 32.2. The van der Waals surface area contributed by atoms with Crippen LogP contribution in [0.5, 0.6) is 0 Å². The first-order valence-electron chi connectivity index (χ1n) is 5.80. The maximum absolute atomic E-state index is 11.4. The Balaban J connectivity index is 2.70. The lowest BCUT2D eigenvalue weighted by atomic mass is 10.1. The summed E-state index contributed by atoms with van der Waals surface area (Å²) in [5, 5.41) is 5.35. The fraction of sp³-hybridized carbons (Fsp3) is 0.308. The van der Waals surface area contributed by atoms with Gasteiger partial charge in [0.05, 0.1) is 10.9 Å². The molecule has 0 unspecified atom stereocenters. The van der Waals surface area contributed by atoms with Gasteiger partial charge in [-0.2, -0.15) is 0 Å². The van der Waals surface area contributed by atoms with Crippen molar-refractivity contribution in [2.45, 2.75) is 17.9 Å². The van der Waals surface area contributed by atoms with E-state index in [4.69, 9.17) is 0 Å². The van der Waals surface area contributed by atoms with Crippen LogP contribution in [0, 0.1) is 0 Å². The van der Waals surface area contributed by atoms with Crippen LogP contribution in [0.15, 0.2) is 41.8 Å². The Morgan fingerprint density at radius 3 is 2.42 bits per heavy atom. The van der Waals surface area contributed by atoms with Crippen molar-refractivity contribution in [2.24, 2.45) is 0 Å². The second-order valence-corrected chi connectivity index (χ2v) is 6.22. The number of hydrogen-bond acceptors (Lipinski definition) is 3. The molecular weight excluding hydrogens is 264 g/mol. The van der Waals surface area contributed by atoms with E-state index in [1.165, 1.54) is 12.1 Å². The van der Waals surface area contributed by atoms with Gasteiger partial charge in [-0.1, -0.05) is 18.2 Å². The highest BCUT2D eigenvalue weighted by Gasteiger charge is 2.11. The van der Waals surface area contributed by atoms with Gasteiger partial charge in [-0.3, -0.25) is 0 Å². The number of sulfone groups is 1. The lowest BCUT2D eigenvalue weighted by molar-refractivity contribution is 0.239. The van der Waals surface area contributed by atoms with Gasteiger partial charge in [0.25, 0.3) is 0 Å². The standard InChI is InChI=1S/C13H18N2O3S/c1-4-9-14-13(16)15-10(2)11-5-7-12(8-6-11)19(3,17)18/h4-8,10H,1,9H2,2-3H3,(H2,14,15,16)/t10-/m0/s1. The summed E-state index contributed by atoms with van der Waals surface area (Å²) in [6.07, 6.45) is 2.75. The summed E-state index contributed by atoms with van der Waals surface area (Å²) in [6, 6.07) is 5.94. The molecule has 1 aromatic carbocycles. The first-order valence-corrected chi connectivity index (χ1v) is 7.69. The third-order valence-corrected chi connectivity index (χ3v) is 3.69. The van der Waals surface area contributed by atoms with Crippen LogP contribution in [0.3, 0.4) is 0 Å². The summed E-state index contributed by atoms with van der Waals surface area (Å²) in [5.41, 5.74) is 0.834. The zero-order valence-corrected chi connectivity index (χ0v) is 11.8. The molecule has 19 heavy (non-hydrogen) atoms. The molecule has 0 spiro atoms. The molecule has 0 saturated heterocycles. The molecule has 1 atom stereocenters. The van der Waals surface area contributed by atoms with Gasteiger partial charge < -0.3 is 10.6 Å². The average molecular weight is 282 g/mol. The van der Waals surface area contributed by atoms with Gasteiger partial charge in [0, 0.05) is 12.8 Å². The normalized spacial score (nSPS) is 12.5. The highest BCUT2D eigenvalue weighted by Crippen LogP contribution is 2.15. The van der Waals surface area contributed by atoms with E-state index in [0.29, 0.717) is 6.54 Å². The molecule has 104 valence electrons. The quantitative estimate of drug-likeness (QED) is 0.806. The molecule has 0 aliphatic heterocycles. The molecule has 0 aromatic heterocycles. The topological polar surface area (TPSA) is 75.3 Å². The zero-order valence-electron chi connectivity index (χ0n) is 11.0. The first kappa shape index (κ1) is 15.2. The minimum atomic E-state index is -3.19. The van der Waals surface area contributed by atoms with Crippen LogP contribution in [-0.2, 0) is 9.84 Å². The smallest absolute Gasteiger partial charge is 0.315 e. The summed E-state index contributed by atoms with van der Waals surface area (Å²) in [5.74, 6) is 0. The van der Waals surface area contributed by atoms with Crippen molar-refractivity contribution in [2.75, 3.05) is 12.8 Å². The summed E-state index contributed by atoms with van der Waals surface area (Å²) in [4.78, 5) is 11.7. The maximum atomic E-state index is 11.4. The molecule has 0 aliphatic rings. The number of nitrogens with one attached hydrogen (secondary N) is 2. The molecule has 0 radical (unpaired) electrons. The summed E-state index contributed by atoms with van der Waals surface area (Å²) >= 11 is 0. The van der Waals surface area contributed by atoms with Crippen LogP contribution in [-0.4, -0.2) is 27.2 Å². The molecule has 0 bridgehead atoms.